The first-order valence-electron chi connectivity index (χ1n) is 9.84. The van der Waals surface area contributed by atoms with Crippen molar-refractivity contribution in [1.29, 1.82) is 0 Å². The Labute approximate surface area is 173 Å². The van der Waals surface area contributed by atoms with Gasteiger partial charge in [-0.2, -0.15) is 0 Å². The van der Waals surface area contributed by atoms with Gasteiger partial charge in [0, 0.05) is 42.6 Å². The van der Waals surface area contributed by atoms with E-state index in [2.05, 4.69) is 22.0 Å². The highest BCUT2D eigenvalue weighted by Crippen LogP contribution is 2.24. The number of carbonyl (C=O) groups is 2. The number of piperazine rings is 2. The van der Waals surface area contributed by atoms with E-state index < -0.39 is 6.04 Å². The van der Waals surface area contributed by atoms with E-state index in [4.69, 9.17) is 0 Å². The molecule has 5 rings (SSSR count). The molecule has 2 aliphatic heterocycles. The van der Waals surface area contributed by atoms with Crippen LogP contribution in [0.3, 0.4) is 0 Å². The lowest BCUT2D eigenvalue weighted by Crippen LogP contribution is -2.66. The molecule has 1 atom stereocenters. The third-order valence-electron chi connectivity index (χ3n) is 5.76. The van der Waals surface area contributed by atoms with E-state index >= 15 is 0 Å². The van der Waals surface area contributed by atoms with Gasteiger partial charge < -0.3 is 9.80 Å². The minimum atomic E-state index is -0.391. The lowest BCUT2D eigenvalue weighted by Gasteiger charge is -2.46. The van der Waals surface area contributed by atoms with Gasteiger partial charge in [0.25, 0.3) is 0 Å². The highest BCUT2D eigenvalue weighted by molar-refractivity contribution is 7.09. The second kappa shape index (κ2) is 7.57. The summed E-state index contributed by atoms with van der Waals surface area (Å²) in [6.45, 7) is 3.40. The van der Waals surface area contributed by atoms with Crippen molar-refractivity contribution >= 4 is 34.1 Å². The van der Waals surface area contributed by atoms with E-state index in [1.54, 1.807) is 27.3 Å². The lowest BCUT2D eigenvalue weighted by atomic mass is 10.0. The molecular weight excluding hydrogens is 384 g/mol. The Balaban J connectivity index is 1.34. The Kier molecular flexibility index (Phi) is 4.77. The highest BCUT2D eigenvalue weighted by atomic mass is 32.1. The van der Waals surface area contributed by atoms with Crippen molar-refractivity contribution in [3.8, 4) is 0 Å². The number of pyridine rings is 1. The first-order chi connectivity index (χ1) is 14.2. The summed E-state index contributed by atoms with van der Waals surface area (Å²) in [6.07, 6.45) is 1.80. The SMILES string of the molecule is O=C1C2CN(Cc3cccc4ncccc34)CCN2C(=O)CN1Cc1cccs1. The number of rotatable bonds is 4. The summed E-state index contributed by atoms with van der Waals surface area (Å²) >= 11 is 1.62. The van der Waals surface area contributed by atoms with Gasteiger partial charge in [-0.15, -0.1) is 11.3 Å². The molecule has 0 aliphatic carbocycles. The van der Waals surface area contributed by atoms with Crippen LogP contribution >= 0.6 is 11.3 Å². The average molecular weight is 407 g/mol. The van der Waals surface area contributed by atoms with Gasteiger partial charge in [0.15, 0.2) is 0 Å². The Bertz CT molecular complexity index is 1050. The average Bonchev–Trinajstić information content (AvgIpc) is 3.25. The van der Waals surface area contributed by atoms with Crippen molar-refractivity contribution in [3.05, 3.63) is 64.5 Å². The maximum Gasteiger partial charge on any atom is 0.247 e. The summed E-state index contributed by atoms with van der Waals surface area (Å²) in [7, 11) is 0. The van der Waals surface area contributed by atoms with E-state index in [1.807, 2.05) is 35.7 Å². The zero-order chi connectivity index (χ0) is 19.8. The largest absolute Gasteiger partial charge is 0.327 e. The Morgan fingerprint density at radius 2 is 1.97 bits per heavy atom. The van der Waals surface area contributed by atoms with E-state index in [0.717, 1.165) is 28.9 Å². The molecule has 2 aromatic heterocycles. The fourth-order valence-corrected chi connectivity index (χ4v) is 5.03. The molecule has 2 saturated heterocycles. The zero-order valence-electron chi connectivity index (χ0n) is 16.0. The lowest BCUT2D eigenvalue weighted by molar-refractivity contribution is -0.160. The van der Waals surface area contributed by atoms with Crippen molar-refractivity contribution in [1.82, 2.24) is 19.7 Å². The molecule has 3 aromatic rings. The minimum absolute atomic E-state index is 0.0557. The summed E-state index contributed by atoms with van der Waals surface area (Å²) in [5, 5.41) is 3.14. The third-order valence-corrected chi connectivity index (χ3v) is 6.63. The van der Waals surface area contributed by atoms with Crippen molar-refractivity contribution in [2.45, 2.75) is 19.1 Å². The van der Waals surface area contributed by atoms with Crippen molar-refractivity contribution in [3.63, 3.8) is 0 Å². The fraction of sp³-hybridized carbons (Fsp3) is 0.318. The fourth-order valence-electron chi connectivity index (χ4n) is 4.31. The van der Waals surface area contributed by atoms with Gasteiger partial charge in [0.1, 0.15) is 12.6 Å². The predicted octanol–water partition coefficient (Wildman–Crippen LogP) is 2.35. The van der Waals surface area contributed by atoms with Crippen LogP contribution in [0.1, 0.15) is 10.4 Å². The first-order valence-corrected chi connectivity index (χ1v) is 10.7. The van der Waals surface area contributed by atoms with Crippen LogP contribution in [0.15, 0.2) is 54.0 Å². The van der Waals surface area contributed by atoms with Gasteiger partial charge in [0.2, 0.25) is 11.8 Å². The monoisotopic (exact) mass is 406 g/mol. The number of amides is 2. The highest BCUT2D eigenvalue weighted by Gasteiger charge is 2.42. The summed E-state index contributed by atoms with van der Waals surface area (Å²) in [6, 6.07) is 13.8. The van der Waals surface area contributed by atoms with Gasteiger partial charge >= 0.3 is 0 Å². The van der Waals surface area contributed by atoms with Gasteiger partial charge in [-0.1, -0.05) is 24.3 Å². The number of aromatic nitrogens is 1. The van der Waals surface area contributed by atoms with Crippen LogP contribution in [0.5, 0.6) is 0 Å². The molecule has 7 heteroatoms. The topological polar surface area (TPSA) is 56.8 Å². The van der Waals surface area contributed by atoms with Crippen molar-refractivity contribution in [2.24, 2.45) is 0 Å². The van der Waals surface area contributed by atoms with Crippen LogP contribution in [0, 0.1) is 0 Å². The van der Waals surface area contributed by atoms with Crippen LogP contribution in [-0.4, -0.2) is 63.7 Å². The molecule has 148 valence electrons. The summed E-state index contributed by atoms with van der Waals surface area (Å²) in [5.41, 5.74) is 2.18. The van der Waals surface area contributed by atoms with Crippen LogP contribution in [-0.2, 0) is 22.7 Å². The number of hydrogen-bond donors (Lipinski definition) is 0. The molecule has 29 heavy (non-hydrogen) atoms. The molecule has 2 fully saturated rings. The third kappa shape index (κ3) is 3.52. The van der Waals surface area contributed by atoms with Crippen LogP contribution in [0.25, 0.3) is 10.9 Å². The summed E-state index contributed by atoms with van der Waals surface area (Å²) in [5.74, 6) is 0.113. The maximum absolute atomic E-state index is 13.1. The van der Waals surface area contributed by atoms with Crippen molar-refractivity contribution < 1.29 is 9.59 Å². The second-order valence-corrected chi connectivity index (χ2v) is 8.63. The molecule has 0 saturated carbocycles. The standard InChI is InChI=1S/C22H22N4O2S/c27-21-15-25(13-17-5-3-11-29-17)22(28)20-14-24(9-10-26(20)21)12-16-4-1-7-19-18(16)6-2-8-23-19/h1-8,11,20H,9-10,12-15H2. The van der Waals surface area contributed by atoms with E-state index in [9.17, 15) is 9.59 Å². The van der Waals surface area contributed by atoms with Gasteiger partial charge in [-0.05, 0) is 29.1 Å². The number of nitrogens with zero attached hydrogens (tertiary/aromatic N) is 4. The normalized spacial score (nSPS) is 20.3. The summed E-state index contributed by atoms with van der Waals surface area (Å²) in [4.78, 5) is 37.1. The predicted molar refractivity (Wildman–Crippen MR) is 112 cm³/mol. The molecule has 1 aromatic carbocycles. The Morgan fingerprint density at radius 3 is 2.83 bits per heavy atom. The van der Waals surface area contributed by atoms with Crippen molar-refractivity contribution in [2.75, 3.05) is 26.2 Å². The molecule has 1 unspecified atom stereocenters. The van der Waals surface area contributed by atoms with E-state index in [0.29, 0.717) is 19.6 Å². The molecule has 0 N–H and O–H groups in total. The molecule has 0 spiro atoms. The van der Waals surface area contributed by atoms with Gasteiger partial charge in [-0.25, -0.2) is 0 Å². The molecule has 0 radical (unpaired) electrons. The summed E-state index contributed by atoms with van der Waals surface area (Å²) < 4.78 is 0. The molecular formula is C22H22N4O2S. The number of thiophene rings is 1. The number of hydrogen-bond acceptors (Lipinski definition) is 5. The van der Waals surface area contributed by atoms with Crippen LogP contribution < -0.4 is 0 Å². The quantitative estimate of drug-likeness (QED) is 0.668. The van der Waals surface area contributed by atoms with E-state index in [-0.39, 0.29) is 18.4 Å². The van der Waals surface area contributed by atoms with Gasteiger partial charge in [0.05, 0.1) is 12.1 Å². The smallest absolute Gasteiger partial charge is 0.247 e. The Morgan fingerprint density at radius 1 is 1.03 bits per heavy atom. The van der Waals surface area contributed by atoms with Gasteiger partial charge in [-0.3, -0.25) is 19.5 Å². The molecule has 2 amide bonds. The zero-order valence-corrected chi connectivity index (χ0v) is 16.8. The van der Waals surface area contributed by atoms with E-state index in [1.165, 1.54) is 5.56 Å². The molecule has 6 nitrogen and oxygen atoms in total. The Hall–Kier alpha value is -2.77. The number of carbonyl (C=O) groups excluding carboxylic acids is 2. The number of benzene rings is 1. The second-order valence-electron chi connectivity index (χ2n) is 7.60. The van der Waals surface area contributed by atoms with Crippen LogP contribution in [0.4, 0.5) is 0 Å². The number of fused-ring (bicyclic) bond motifs is 2. The maximum atomic E-state index is 13.1. The van der Waals surface area contributed by atoms with Crippen LogP contribution in [0.2, 0.25) is 0 Å². The molecule has 2 aliphatic rings. The molecule has 0 bridgehead atoms. The first kappa shape index (κ1) is 18.3. The molecule has 4 heterocycles. The minimum Gasteiger partial charge on any atom is -0.327 e.